The molecule has 0 bridgehead atoms. The minimum absolute atomic E-state index is 0.00778. The van der Waals surface area contributed by atoms with E-state index in [-0.39, 0.29) is 11.8 Å². The second-order valence-corrected chi connectivity index (χ2v) is 4.20. The fourth-order valence-corrected chi connectivity index (χ4v) is 0.731. The van der Waals surface area contributed by atoms with E-state index in [1.807, 2.05) is 27.7 Å². The molecule has 0 aromatic heterocycles. The maximum Gasteiger partial charge on any atom is 0.223 e. The molecule has 78 valence electrons. The van der Waals surface area contributed by atoms with Crippen molar-refractivity contribution in [2.24, 2.45) is 5.92 Å². The van der Waals surface area contributed by atoms with Gasteiger partial charge in [0.1, 0.15) is 0 Å². The predicted molar refractivity (Wildman–Crippen MR) is 53.4 cm³/mol. The molecule has 0 heterocycles. The molecular weight excluding hydrogens is 166 g/mol. The van der Waals surface area contributed by atoms with Gasteiger partial charge in [-0.3, -0.25) is 4.79 Å². The lowest BCUT2D eigenvalue weighted by Gasteiger charge is -2.30. The Morgan fingerprint density at radius 2 is 1.92 bits per heavy atom. The largest absolute Gasteiger partial charge is 0.391 e. The van der Waals surface area contributed by atoms with E-state index in [1.54, 1.807) is 6.92 Å². The van der Waals surface area contributed by atoms with E-state index < -0.39 is 11.6 Å². The standard InChI is InChI=1S/C10H21NO2/c1-6-7(2)9(13)11-10(4,5)8(3)12/h7-8,12H,6H2,1-5H3,(H,11,13). The van der Waals surface area contributed by atoms with E-state index in [2.05, 4.69) is 5.32 Å². The lowest BCUT2D eigenvalue weighted by atomic mass is 9.97. The zero-order valence-corrected chi connectivity index (χ0v) is 9.22. The summed E-state index contributed by atoms with van der Waals surface area (Å²) in [6, 6.07) is 0. The molecule has 2 N–H and O–H groups in total. The molecule has 0 aliphatic carbocycles. The highest BCUT2D eigenvalue weighted by Gasteiger charge is 2.27. The first kappa shape index (κ1) is 12.4. The summed E-state index contributed by atoms with van der Waals surface area (Å²) in [4.78, 5) is 11.5. The highest BCUT2D eigenvalue weighted by atomic mass is 16.3. The van der Waals surface area contributed by atoms with Gasteiger partial charge in [0.2, 0.25) is 5.91 Å². The summed E-state index contributed by atoms with van der Waals surface area (Å²) in [6.45, 7) is 9.17. The number of amides is 1. The van der Waals surface area contributed by atoms with Gasteiger partial charge in [-0.1, -0.05) is 13.8 Å². The summed E-state index contributed by atoms with van der Waals surface area (Å²) in [6.07, 6.45) is 0.280. The van der Waals surface area contributed by atoms with Gasteiger partial charge < -0.3 is 10.4 Å². The summed E-state index contributed by atoms with van der Waals surface area (Å²) in [5.74, 6) is 0.0198. The lowest BCUT2D eigenvalue weighted by Crippen LogP contribution is -2.52. The minimum Gasteiger partial charge on any atom is -0.391 e. The van der Waals surface area contributed by atoms with Crippen molar-refractivity contribution in [3.05, 3.63) is 0 Å². The van der Waals surface area contributed by atoms with Crippen LogP contribution in [0.15, 0.2) is 0 Å². The molecular formula is C10H21NO2. The predicted octanol–water partition coefficient (Wildman–Crippen LogP) is 1.31. The van der Waals surface area contributed by atoms with Crippen molar-refractivity contribution >= 4 is 5.91 Å². The van der Waals surface area contributed by atoms with Gasteiger partial charge in [0, 0.05) is 5.92 Å². The zero-order chi connectivity index (χ0) is 10.6. The molecule has 0 rings (SSSR count). The van der Waals surface area contributed by atoms with Crippen LogP contribution >= 0.6 is 0 Å². The smallest absolute Gasteiger partial charge is 0.223 e. The second kappa shape index (κ2) is 4.61. The van der Waals surface area contributed by atoms with Crippen LogP contribution in [-0.4, -0.2) is 22.7 Å². The summed E-state index contributed by atoms with van der Waals surface area (Å²) >= 11 is 0. The summed E-state index contributed by atoms with van der Waals surface area (Å²) in [5.41, 5.74) is -0.541. The molecule has 13 heavy (non-hydrogen) atoms. The van der Waals surface area contributed by atoms with E-state index in [9.17, 15) is 9.90 Å². The fraction of sp³-hybridized carbons (Fsp3) is 0.900. The highest BCUT2D eigenvalue weighted by molar-refractivity contribution is 5.78. The van der Waals surface area contributed by atoms with Gasteiger partial charge in [-0.15, -0.1) is 0 Å². The van der Waals surface area contributed by atoms with Crippen molar-refractivity contribution in [3.63, 3.8) is 0 Å². The molecule has 3 heteroatoms. The van der Waals surface area contributed by atoms with E-state index in [4.69, 9.17) is 0 Å². The first-order valence-corrected chi connectivity index (χ1v) is 4.81. The highest BCUT2D eigenvalue weighted by Crippen LogP contribution is 2.10. The van der Waals surface area contributed by atoms with Gasteiger partial charge in [-0.05, 0) is 27.2 Å². The Balaban J connectivity index is 4.19. The molecule has 0 spiro atoms. The third-order valence-corrected chi connectivity index (χ3v) is 2.55. The first-order chi connectivity index (χ1) is 5.81. The monoisotopic (exact) mass is 187 g/mol. The summed E-state index contributed by atoms with van der Waals surface area (Å²) in [5, 5.41) is 12.2. The summed E-state index contributed by atoms with van der Waals surface area (Å²) in [7, 11) is 0. The Morgan fingerprint density at radius 3 is 2.23 bits per heavy atom. The Hall–Kier alpha value is -0.570. The van der Waals surface area contributed by atoms with E-state index in [0.717, 1.165) is 6.42 Å². The van der Waals surface area contributed by atoms with Crippen molar-refractivity contribution in [3.8, 4) is 0 Å². The van der Waals surface area contributed by atoms with E-state index in [0.29, 0.717) is 0 Å². The molecule has 0 saturated carbocycles. The third-order valence-electron chi connectivity index (χ3n) is 2.55. The van der Waals surface area contributed by atoms with Crippen LogP contribution in [0.2, 0.25) is 0 Å². The maximum atomic E-state index is 11.5. The second-order valence-electron chi connectivity index (χ2n) is 4.20. The average Bonchev–Trinajstić information content (AvgIpc) is 2.01. The van der Waals surface area contributed by atoms with E-state index >= 15 is 0 Å². The maximum absolute atomic E-state index is 11.5. The van der Waals surface area contributed by atoms with Gasteiger partial charge in [0.25, 0.3) is 0 Å². The quantitative estimate of drug-likeness (QED) is 0.697. The topological polar surface area (TPSA) is 49.3 Å². The number of rotatable bonds is 4. The molecule has 0 radical (unpaired) electrons. The number of aliphatic hydroxyl groups excluding tert-OH is 1. The molecule has 0 aromatic carbocycles. The average molecular weight is 187 g/mol. The van der Waals surface area contributed by atoms with Crippen LogP contribution in [0.25, 0.3) is 0 Å². The van der Waals surface area contributed by atoms with Crippen molar-refractivity contribution in [2.45, 2.75) is 52.7 Å². The van der Waals surface area contributed by atoms with Crippen LogP contribution < -0.4 is 5.32 Å². The zero-order valence-electron chi connectivity index (χ0n) is 9.22. The van der Waals surface area contributed by atoms with Crippen LogP contribution in [0.5, 0.6) is 0 Å². The van der Waals surface area contributed by atoms with Crippen molar-refractivity contribution < 1.29 is 9.90 Å². The molecule has 0 saturated heterocycles. The van der Waals surface area contributed by atoms with Crippen molar-refractivity contribution in [2.75, 3.05) is 0 Å². The Morgan fingerprint density at radius 1 is 1.46 bits per heavy atom. The molecule has 0 aliphatic heterocycles. The molecule has 0 aliphatic rings. The molecule has 2 unspecified atom stereocenters. The van der Waals surface area contributed by atoms with Gasteiger partial charge in [-0.2, -0.15) is 0 Å². The Labute approximate surface area is 80.5 Å². The number of carbonyl (C=O) groups excluding carboxylic acids is 1. The van der Waals surface area contributed by atoms with E-state index in [1.165, 1.54) is 0 Å². The van der Waals surface area contributed by atoms with Gasteiger partial charge in [0.05, 0.1) is 11.6 Å². The SMILES string of the molecule is CCC(C)C(=O)NC(C)(C)C(C)O. The Kier molecular flexibility index (Phi) is 4.40. The van der Waals surface area contributed by atoms with Crippen molar-refractivity contribution in [1.29, 1.82) is 0 Å². The third kappa shape index (κ3) is 3.77. The van der Waals surface area contributed by atoms with Crippen LogP contribution in [0.1, 0.15) is 41.0 Å². The van der Waals surface area contributed by atoms with Crippen LogP contribution in [0, 0.1) is 5.92 Å². The molecule has 3 nitrogen and oxygen atoms in total. The minimum atomic E-state index is -0.541. The molecule has 1 amide bonds. The fourth-order valence-electron chi connectivity index (χ4n) is 0.731. The Bertz CT molecular complexity index is 176. The molecule has 2 atom stereocenters. The number of hydrogen-bond acceptors (Lipinski definition) is 2. The van der Waals surface area contributed by atoms with Crippen LogP contribution in [0.4, 0.5) is 0 Å². The number of carbonyl (C=O) groups is 1. The number of nitrogens with one attached hydrogen (secondary N) is 1. The lowest BCUT2D eigenvalue weighted by molar-refractivity contribution is -0.127. The molecule has 0 aromatic rings. The molecule has 0 fully saturated rings. The van der Waals surface area contributed by atoms with Gasteiger partial charge >= 0.3 is 0 Å². The van der Waals surface area contributed by atoms with Gasteiger partial charge in [-0.25, -0.2) is 0 Å². The van der Waals surface area contributed by atoms with Gasteiger partial charge in [0.15, 0.2) is 0 Å². The summed E-state index contributed by atoms with van der Waals surface area (Å²) < 4.78 is 0. The van der Waals surface area contributed by atoms with Crippen molar-refractivity contribution in [1.82, 2.24) is 5.32 Å². The normalized spacial score (nSPS) is 16.5. The number of aliphatic hydroxyl groups is 1. The number of hydrogen-bond donors (Lipinski definition) is 2. The van der Waals surface area contributed by atoms with Crippen LogP contribution in [-0.2, 0) is 4.79 Å². The van der Waals surface area contributed by atoms with Crippen LogP contribution in [0.3, 0.4) is 0 Å². The first-order valence-electron chi connectivity index (χ1n) is 4.81.